The van der Waals surface area contributed by atoms with Gasteiger partial charge in [-0.25, -0.2) is 13.9 Å². The molecule has 3 aliphatic rings. The molecule has 35 heavy (non-hydrogen) atoms. The smallest absolute Gasteiger partial charge is 0.381 e. The van der Waals surface area contributed by atoms with E-state index in [2.05, 4.69) is 15.3 Å². The summed E-state index contributed by atoms with van der Waals surface area (Å²) < 4.78 is 60.8. The van der Waals surface area contributed by atoms with E-state index in [-0.39, 0.29) is 36.2 Å². The number of carbonyl (C=O) groups is 1. The number of benzene rings is 1. The van der Waals surface area contributed by atoms with Gasteiger partial charge >= 0.3 is 12.2 Å². The van der Waals surface area contributed by atoms with Crippen molar-refractivity contribution in [2.45, 2.75) is 49.5 Å². The van der Waals surface area contributed by atoms with Gasteiger partial charge in [0.15, 0.2) is 5.69 Å². The third kappa shape index (κ3) is 4.29. The minimum atomic E-state index is -4.61. The first-order valence-corrected chi connectivity index (χ1v) is 11.8. The standard InChI is InChI=1S/C24H29F4N5O2/c1-31(2)23(17-4-3-5-18(25)10-17)8-6-22(7-9-23)15-32(21(34)29-22)20-11-19(24(26,27)28)30-33(20)12-16-13-35-14-16/h3-5,10-11,16H,6-9,12-15H2,1-2H3,(H,29,34)/t22-,23-. The lowest BCUT2D eigenvalue weighted by Crippen LogP contribution is -2.54. The number of hydrogen-bond acceptors (Lipinski definition) is 4. The molecule has 1 spiro atoms. The van der Waals surface area contributed by atoms with Crippen molar-refractivity contribution < 1.29 is 27.1 Å². The zero-order chi connectivity index (χ0) is 25.0. The van der Waals surface area contributed by atoms with Crippen molar-refractivity contribution in [3.63, 3.8) is 0 Å². The zero-order valence-electron chi connectivity index (χ0n) is 19.7. The van der Waals surface area contributed by atoms with Gasteiger partial charge in [-0.1, -0.05) is 12.1 Å². The molecule has 1 N–H and O–H groups in total. The number of aromatic nitrogens is 2. The van der Waals surface area contributed by atoms with Crippen LogP contribution in [0.1, 0.15) is 36.9 Å². The predicted molar refractivity (Wildman–Crippen MR) is 120 cm³/mol. The van der Waals surface area contributed by atoms with E-state index in [9.17, 15) is 22.4 Å². The van der Waals surface area contributed by atoms with Gasteiger partial charge in [-0.05, 0) is 57.5 Å². The third-order valence-electron chi connectivity index (χ3n) is 7.79. The highest BCUT2D eigenvalue weighted by Crippen LogP contribution is 2.46. The molecule has 0 bridgehead atoms. The van der Waals surface area contributed by atoms with Crippen LogP contribution >= 0.6 is 0 Å². The van der Waals surface area contributed by atoms with Crippen LogP contribution in [0.5, 0.6) is 0 Å². The molecule has 0 unspecified atom stereocenters. The number of alkyl halides is 3. The summed E-state index contributed by atoms with van der Waals surface area (Å²) in [5.41, 5.74) is -1.09. The number of ether oxygens (including phenoxy) is 1. The van der Waals surface area contributed by atoms with Gasteiger partial charge < -0.3 is 10.1 Å². The van der Waals surface area contributed by atoms with Crippen LogP contribution < -0.4 is 10.2 Å². The Morgan fingerprint density at radius 3 is 2.46 bits per heavy atom. The van der Waals surface area contributed by atoms with Crippen LogP contribution in [-0.2, 0) is 23.0 Å². The summed E-state index contributed by atoms with van der Waals surface area (Å²) in [6.07, 6.45) is -2.04. The Morgan fingerprint density at radius 2 is 1.89 bits per heavy atom. The molecule has 1 saturated carbocycles. The van der Waals surface area contributed by atoms with E-state index in [0.717, 1.165) is 11.6 Å². The highest BCUT2D eigenvalue weighted by atomic mass is 19.4. The van der Waals surface area contributed by atoms with Crippen LogP contribution in [0, 0.1) is 11.7 Å². The Hall–Kier alpha value is -2.66. The molecule has 2 aromatic rings. The summed E-state index contributed by atoms with van der Waals surface area (Å²) in [6, 6.07) is 7.12. The van der Waals surface area contributed by atoms with E-state index >= 15 is 0 Å². The monoisotopic (exact) mass is 495 g/mol. The second kappa shape index (κ2) is 8.48. The number of rotatable bonds is 5. The predicted octanol–water partition coefficient (Wildman–Crippen LogP) is 3.99. The lowest BCUT2D eigenvalue weighted by molar-refractivity contribution is -0.141. The fraction of sp³-hybridized carbons (Fsp3) is 0.583. The van der Waals surface area contributed by atoms with Crippen LogP contribution in [0.2, 0.25) is 0 Å². The summed E-state index contributed by atoms with van der Waals surface area (Å²) in [5, 5.41) is 6.84. The van der Waals surface area contributed by atoms with Crippen molar-refractivity contribution in [2.24, 2.45) is 5.92 Å². The Labute approximate surface area is 201 Å². The molecule has 1 aliphatic carbocycles. The summed E-state index contributed by atoms with van der Waals surface area (Å²) in [6.45, 7) is 1.43. The van der Waals surface area contributed by atoms with Gasteiger partial charge in [-0.2, -0.15) is 18.3 Å². The van der Waals surface area contributed by atoms with E-state index < -0.39 is 23.4 Å². The molecule has 190 valence electrons. The van der Waals surface area contributed by atoms with E-state index in [1.54, 1.807) is 12.1 Å². The number of nitrogens with zero attached hydrogens (tertiary/aromatic N) is 4. The first-order chi connectivity index (χ1) is 16.5. The van der Waals surface area contributed by atoms with Crippen molar-refractivity contribution in [1.82, 2.24) is 20.0 Å². The maximum atomic E-state index is 14.0. The quantitative estimate of drug-likeness (QED) is 0.638. The maximum Gasteiger partial charge on any atom is 0.435 e. The van der Waals surface area contributed by atoms with E-state index in [4.69, 9.17) is 4.74 Å². The first-order valence-electron chi connectivity index (χ1n) is 11.8. The Bertz CT molecular complexity index is 1100. The van der Waals surface area contributed by atoms with Gasteiger partial charge in [0.05, 0.1) is 31.8 Å². The molecule has 0 radical (unpaired) electrons. The number of carbonyl (C=O) groups excluding carboxylic acids is 1. The van der Waals surface area contributed by atoms with Crippen molar-refractivity contribution in [3.8, 4) is 0 Å². The molecule has 0 atom stereocenters. The van der Waals surface area contributed by atoms with Gasteiger partial charge in [-0.3, -0.25) is 9.80 Å². The maximum absolute atomic E-state index is 14.0. The molecule has 3 fully saturated rings. The highest BCUT2D eigenvalue weighted by Gasteiger charge is 2.51. The minimum absolute atomic E-state index is 0.0658. The van der Waals surface area contributed by atoms with Gasteiger partial charge in [0, 0.05) is 17.5 Å². The van der Waals surface area contributed by atoms with Crippen molar-refractivity contribution >= 4 is 11.8 Å². The lowest BCUT2D eigenvalue weighted by atomic mass is 9.69. The Balaban J connectivity index is 1.39. The SMILES string of the molecule is CN(C)[C@]1(c2cccc(F)c2)CC[C@@]2(CC1)CN(c1cc(C(F)(F)F)nn1CC1COC1)C(=O)N2. The second-order valence-corrected chi connectivity index (χ2v) is 10.2. The van der Waals surface area contributed by atoms with Gasteiger partial charge in [0.1, 0.15) is 11.6 Å². The number of urea groups is 1. The third-order valence-corrected chi connectivity index (χ3v) is 7.79. The Kier molecular flexibility index (Phi) is 5.83. The van der Waals surface area contributed by atoms with Crippen LogP contribution in [0.4, 0.5) is 28.2 Å². The fourth-order valence-electron chi connectivity index (χ4n) is 5.62. The molecule has 1 aromatic heterocycles. The van der Waals surface area contributed by atoms with Gasteiger partial charge in [0.25, 0.3) is 0 Å². The van der Waals surface area contributed by atoms with E-state index in [1.165, 1.54) is 15.6 Å². The number of halogens is 4. The van der Waals surface area contributed by atoms with E-state index in [1.807, 2.05) is 20.2 Å². The summed E-state index contributed by atoms with van der Waals surface area (Å²) in [5.74, 6) is -0.0841. The molecule has 2 saturated heterocycles. The number of hydrogen-bond donors (Lipinski definition) is 1. The Morgan fingerprint density at radius 1 is 1.17 bits per heavy atom. The molecule has 11 heteroatoms. The second-order valence-electron chi connectivity index (χ2n) is 10.2. The highest BCUT2D eigenvalue weighted by molar-refractivity contribution is 5.94. The largest absolute Gasteiger partial charge is 0.435 e. The minimum Gasteiger partial charge on any atom is -0.381 e. The van der Waals surface area contributed by atoms with Crippen LogP contribution in [0.15, 0.2) is 30.3 Å². The normalized spacial score (nSPS) is 27.5. The lowest BCUT2D eigenvalue weighted by Gasteiger charge is -2.48. The van der Waals surface area contributed by atoms with Gasteiger partial charge in [0.2, 0.25) is 0 Å². The summed E-state index contributed by atoms with van der Waals surface area (Å²) in [7, 11) is 3.92. The fourth-order valence-corrected chi connectivity index (χ4v) is 5.62. The molecule has 1 aromatic carbocycles. The molecule has 2 aliphatic heterocycles. The molecular formula is C24H29F4N5O2. The number of amides is 2. The summed E-state index contributed by atoms with van der Waals surface area (Å²) in [4.78, 5) is 16.5. The number of nitrogens with one attached hydrogen (secondary N) is 1. The molecule has 5 rings (SSSR count). The van der Waals surface area contributed by atoms with Crippen LogP contribution in [0.25, 0.3) is 0 Å². The average Bonchev–Trinajstić information content (AvgIpc) is 3.32. The van der Waals surface area contributed by atoms with E-state index in [0.29, 0.717) is 38.9 Å². The van der Waals surface area contributed by atoms with Crippen molar-refractivity contribution in [1.29, 1.82) is 0 Å². The molecule has 2 amide bonds. The van der Waals surface area contributed by atoms with Crippen LogP contribution in [-0.4, -0.2) is 60.1 Å². The van der Waals surface area contributed by atoms with Crippen molar-refractivity contribution in [3.05, 3.63) is 47.4 Å². The molecular weight excluding hydrogens is 466 g/mol. The summed E-state index contributed by atoms with van der Waals surface area (Å²) >= 11 is 0. The van der Waals surface area contributed by atoms with Crippen LogP contribution in [0.3, 0.4) is 0 Å². The van der Waals surface area contributed by atoms with Crippen molar-refractivity contribution in [2.75, 3.05) is 38.8 Å². The topological polar surface area (TPSA) is 62.6 Å². The molecule has 3 heterocycles. The number of anilines is 1. The average molecular weight is 496 g/mol. The first kappa shape index (κ1) is 24.1. The van der Waals surface area contributed by atoms with Gasteiger partial charge in [-0.15, -0.1) is 0 Å². The molecule has 7 nitrogen and oxygen atoms in total. The zero-order valence-corrected chi connectivity index (χ0v) is 19.7.